The average molecular weight is 295 g/mol. The number of ether oxygens (including phenoxy) is 1. The molecule has 1 aliphatic rings. The second-order valence-electron chi connectivity index (χ2n) is 5.05. The molecule has 1 fully saturated rings. The van der Waals surface area contributed by atoms with Gasteiger partial charge < -0.3 is 14.7 Å². The number of hydrogen-bond donors (Lipinski definition) is 1. The molecule has 1 aromatic carbocycles. The maximum Gasteiger partial charge on any atom is 0.326 e. The molecule has 21 heavy (non-hydrogen) atoms. The van der Waals surface area contributed by atoms with Gasteiger partial charge in [-0.05, 0) is 31.0 Å². The zero-order valence-corrected chi connectivity index (χ0v) is 11.8. The number of halogens is 1. The lowest BCUT2D eigenvalue weighted by Crippen LogP contribution is -2.44. The average Bonchev–Trinajstić information content (AvgIpc) is 2.72. The molecule has 1 atom stereocenters. The van der Waals surface area contributed by atoms with Crippen LogP contribution in [0.25, 0.3) is 0 Å². The van der Waals surface area contributed by atoms with E-state index in [0.717, 1.165) is 25.3 Å². The van der Waals surface area contributed by atoms with E-state index in [1.54, 1.807) is 0 Å². The van der Waals surface area contributed by atoms with Gasteiger partial charge in [-0.1, -0.05) is 12.8 Å². The van der Waals surface area contributed by atoms with Gasteiger partial charge in [0.1, 0.15) is 6.04 Å². The number of nitrogens with zero attached hydrogens (tertiary/aromatic N) is 1. The van der Waals surface area contributed by atoms with E-state index in [9.17, 15) is 19.1 Å². The molecule has 0 bridgehead atoms. The number of methoxy groups -OCH3 is 1. The first-order valence-corrected chi connectivity index (χ1v) is 6.92. The Morgan fingerprint density at radius 2 is 2.10 bits per heavy atom. The van der Waals surface area contributed by atoms with Gasteiger partial charge in [0, 0.05) is 12.1 Å². The molecule has 6 heteroatoms. The van der Waals surface area contributed by atoms with Crippen LogP contribution in [0, 0.1) is 5.82 Å². The van der Waals surface area contributed by atoms with Crippen molar-refractivity contribution in [2.45, 2.75) is 31.7 Å². The fourth-order valence-electron chi connectivity index (χ4n) is 2.57. The van der Waals surface area contributed by atoms with Crippen LogP contribution in [-0.4, -0.2) is 41.6 Å². The molecule has 5 nitrogen and oxygen atoms in total. The van der Waals surface area contributed by atoms with Gasteiger partial charge in [-0.2, -0.15) is 0 Å². The Bertz CT molecular complexity index is 546. The quantitative estimate of drug-likeness (QED) is 0.929. The van der Waals surface area contributed by atoms with Crippen molar-refractivity contribution in [1.29, 1.82) is 0 Å². The number of carbonyl (C=O) groups excluding carboxylic acids is 1. The Labute approximate surface area is 122 Å². The summed E-state index contributed by atoms with van der Waals surface area (Å²) in [7, 11) is 1.34. The summed E-state index contributed by atoms with van der Waals surface area (Å²) in [4.78, 5) is 25.1. The predicted octanol–water partition coefficient (Wildman–Crippen LogP) is 2.30. The van der Waals surface area contributed by atoms with Gasteiger partial charge in [-0.25, -0.2) is 9.18 Å². The van der Waals surface area contributed by atoms with Gasteiger partial charge >= 0.3 is 5.97 Å². The lowest BCUT2D eigenvalue weighted by Gasteiger charge is -2.27. The summed E-state index contributed by atoms with van der Waals surface area (Å²) in [5.41, 5.74) is 0.140. The Morgan fingerprint density at radius 1 is 1.33 bits per heavy atom. The third-order valence-electron chi connectivity index (χ3n) is 3.70. The minimum absolute atomic E-state index is 0.0530. The monoisotopic (exact) mass is 295 g/mol. The van der Waals surface area contributed by atoms with Crippen molar-refractivity contribution in [3.05, 3.63) is 29.6 Å². The molecule has 2 rings (SSSR count). The zero-order valence-electron chi connectivity index (χ0n) is 11.8. The molecule has 1 unspecified atom stereocenters. The number of carbonyl (C=O) groups is 2. The Morgan fingerprint density at radius 3 is 2.71 bits per heavy atom. The fraction of sp³-hybridized carbons (Fsp3) is 0.467. The normalized spacial score (nSPS) is 19.0. The zero-order chi connectivity index (χ0) is 15.4. The van der Waals surface area contributed by atoms with Crippen LogP contribution in [0.1, 0.15) is 36.0 Å². The first kappa shape index (κ1) is 15.3. The molecular formula is C15H18FNO4. The highest BCUT2D eigenvalue weighted by atomic mass is 19.1. The third kappa shape index (κ3) is 3.32. The summed E-state index contributed by atoms with van der Waals surface area (Å²) >= 11 is 0. The van der Waals surface area contributed by atoms with Crippen molar-refractivity contribution < 1.29 is 23.8 Å². The molecule has 0 aromatic heterocycles. The highest BCUT2D eigenvalue weighted by Crippen LogP contribution is 2.22. The van der Waals surface area contributed by atoms with E-state index in [-0.39, 0.29) is 11.3 Å². The number of amides is 1. The third-order valence-corrected chi connectivity index (χ3v) is 3.70. The van der Waals surface area contributed by atoms with E-state index < -0.39 is 23.7 Å². The van der Waals surface area contributed by atoms with Crippen LogP contribution >= 0.6 is 0 Å². The summed E-state index contributed by atoms with van der Waals surface area (Å²) < 4.78 is 18.5. The van der Waals surface area contributed by atoms with Crippen LogP contribution in [0.5, 0.6) is 5.75 Å². The lowest BCUT2D eigenvalue weighted by molar-refractivity contribution is -0.142. The number of rotatable bonds is 3. The molecule has 114 valence electrons. The van der Waals surface area contributed by atoms with Crippen LogP contribution in [-0.2, 0) is 4.79 Å². The molecule has 0 saturated carbocycles. The summed E-state index contributed by atoms with van der Waals surface area (Å²) in [5, 5.41) is 9.28. The number of benzene rings is 1. The first-order chi connectivity index (χ1) is 10.0. The Balaban J connectivity index is 2.27. The molecule has 1 aromatic rings. The molecule has 1 saturated heterocycles. The van der Waals surface area contributed by atoms with Crippen molar-refractivity contribution in [2.75, 3.05) is 13.7 Å². The second kappa shape index (κ2) is 6.56. The SMILES string of the molecule is COc1ccc(C(=O)N2CCCCCC2C(=O)O)cc1F. The largest absolute Gasteiger partial charge is 0.494 e. The minimum atomic E-state index is -1.01. The molecule has 0 radical (unpaired) electrons. The van der Waals surface area contributed by atoms with E-state index in [0.29, 0.717) is 13.0 Å². The van der Waals surface area contributed by atoms with Crippen molar-refractivity contribution in [2.24, 2.45) is 0 Å². The van der Waals surface area contributed by atoms with Crippen LogP contribution in [0.3, 0.4) is 0 Å². The van der Waals surface area contributed by atoms with E-state index in [4.69, 9.17) is 4.74 Å². The standard InChI is InChI=1S/C15H18FNO4/c1-21-13-7-6-10(9-11(13)16)14(18)17-8-4-2-3-5-12(17)15(19)20/h6-7,9,12H,2-5,8H2,1H3,(H,19,20). The molecule has 1 amide bonds. The van der Waals surface area contributed by atoms with Crippen LogP contribution in [0.4, 0.5) is 4.39 Å². The number of aliphatic carboxylic acids is 1. The Kier molecular flexibility index (Phi) is 4.77. The van der Waals surface area contributed by atoms with E-state index in [1.807, 2.05) is 0 Å². The van der Waals surface area contributed by atoms with Crippen molar-refractivity contribution in [1.82, 2.24) is 4.90 Å². The smallest absolute Gasteiger partial charge is 0.326 e. The minimum Gasteiger partial charge on any atom is -0.494 e. The molecule has 0 spiro atoms. The summed E-state index contributed by atoms with van der Waals surface area (Å²) in [6.07, 6.45) is 2.86. The van der Waals surface area contributed by atoms with E-state index in [2.05, 4.69) is 0 Å². The molecule has 1 N–H and O–H groups in total. The molecule has 1 heterocycles. The first-order valence-electron chi connectivity index (χ1n) is 6.92. The molecular weight excluding hydrogens is 277 g/mol. The van der Waals surface area contributed by atoms with Crippen molar-refractivity contribution in [3.8, 4) is 5.75 Å². The lowest BCUT2D eigenvalue weighted by atomic mass is 10.1. The van der Waals surface area contributed by atoms with Gasteiger partial charge in [-0.3, -0.25) is 4.79 Å². The van der Waals surface area contributed by atoms with Crippen LogP contribution in [0.15, 0.2) is 18.2 Å². The summed E-state index contributed by atoms with van der Waals surface area (Å²) in [5.74, 6) is -2.05. The Hall–Kier alpha value is -2.11. The fourth-order valence-corrected chi connectivity index (χ4v) is 2.57. The predicted molar refractivity (Wildman–Crippen MR) is 73.9 cm³/mol. The molecule has 1 aliphatic heterocycles. The van der Waals surface area contributed by atoms with Crippen molar-refractivity contribution >= 4 is 11.9 Å². The summed E-state index contributed by atoms with van der Waals surface area (Å²) in [6.45, 7) is 0.378. The maximum atomic E-state index is 13.7. The van der Waals surface area contributed by atoms with E-state index in [1.165, 1.54) is 24.1 Å². The highest BCUT2D eigenvalue weighted by Gasteiger charge is 2.31. The van der Waals surface area contributed by atoms with Gasteiger partial charge in [0.2, 0.25) is 0 Å². The number of hydrogen-bond acceptors (Lipinski definition) is 3. The van der Waals surface area contributed by atoms with Gasteiger partial charge in [0.05, 0.1) is 7.11 Å². The summed E-state index contributed by atoms with van der Waals surface area (Å²) in [6, 6.07) is 3.07. The number of carboxylic acids is 1. The second-order valence-corrected chi connectivity index (χ2v) is 5.05. The molecule has 0 aliphatic carbocycles. The van der Waals surface area contributed by atoms with Crippen LogP contribution < -0.4 is 4.74 Å². The number of likely N-dealkylation sites (tertiary alicyclic amines) is 1. The highest BCUT2D eigenvalue weighted by molar-refractivity contribution is 5.96. The van der Waals surface area contributed by atoms with Crippen LogP contribution in [0.2, 0.25) is 0 Å². The number of carboxylic acid groups (broad SMARTS) is 1. The van der Waals surface area contributed by atoms with Crippen molar-refractivity contribution in [3.63, 3.8) is 0 Å². The van der Waals surface area contributed by atoms with Gasteiger partial charge in [0.15, 0.2) is 11.6 Å². The van der Waals surface area contributed by atoms with E-state index >= 15 is 0 Å². The topological polar surface area (TPSA) is 66.8 Å². The van der Waals surface area contributed by atoms with Gasteiger partial charge in [0.25, 0.3) is 5.91 Å². The van der Waals surface area contributed by atoms with Gasteiger partial charge in [-0.15, -0.1) is 0 Å². The maximum absolute atomic E-state index is 13.7.